The Bertz CT molecular complexity index is 336. The van der Waals surface area contributed by atoms with E-state index in [0.717, 1.165) is 30.2 Å². The maximum atomic E-state index is 8.50. The van der Waals surface area contributed by atoms with Crippen LogP contribution < -0.4 is 0 Å². The van der Waals surface area contributed by atoms with E-state index < -0.39 is 0 Å². The summed E-state index contributed by atoms with van der Waals surface area (Å²) in [5, 5.41) is 11.6. The lowest BCUT2D eigenvalue weighted by molar-refractivity contribution is 0.111. The normalized spacial score (nSPS) is 20.9. The average Bonchev–Trinajstić information content (AvgIpc) is 2.79. The molecular weight excluding hydrogens is 196 g/mol. The van der Waals surface area contributed by atoms with E-state index in [9.17, 15) is 0 Å². The highest BCUT2D eigenvalue weighted by Gasteiger charge is 2.17. The fourth-order valence-corrected chi connectivity index (χ4v) is 2.47. The lowest BCUT2D eigenvalue weighted by Crippen LogP contribution is -2.08. The van der Waals surface area contributed by atoms with Crippen molar-refractivity contribution in [3.63, 3.8) is 0 Å². The molecule has 1 aromatic rings. The molecule has 1 aliphatic rings. The van der Waals surface area contributed by atoms with Gasteiger partial charge < -0.3 is 4.74 Å². The molecule has 0 amide bonds. The molecule has 4 heteroatoms. The number of hydrogen-bond acceptors (Lipinski definition) is 4. The number of ether oxygens (including phenoxy) is 1. The van der Waals surface area contributed by atoms with Crippen molar-refractivity contribution < 1.29 is 4.74 Å². The SMILES string of the molecule is N#CCc1csc(CC2CCCO2)n1. The molecule has 0 spiro atoms. The summed E-state index contributed by atoms with van der Waals surface area (Å²) < 4.78 is 5.53. The van der Waals surface area contributed by atoms with Crippen LogP contribution in [0.25, 0.3) is 0 Å². The second-order valence-corrected chi connectivity index (χ2v) is 4.35. The highest BCUT2D eigenvalue weighted by Crippen LogP contribution is 2.19. The maximum Gasteiger partial charge on any atom is 0.0954 e. The van der Waals surface area contributed by atoms with Crippen molar-refractivity contribution in [1.82, 2.24) is 4.98 Å². The third-order valence-electron chi connectivity index (χ3n) is 2.29. The first-order valence-electron chi connectivity index (χ1n) is 4.80. The van der Waals surface area contributed by atoms with E-state index in [1.807, 2.05) is 5.38 Å². The molecular formula is C10H12N2OS. The van der Waals surface area contributed by atoms with Crippen LogP contribution in [0.5, 0.6) is 0 Å². The van der Waals surface area contributed by atoms with Crippen molar-refractivity contribution in [3.05, 3.63) is 16.1 Å². The van der Waals surface area contributed by atoms with Crippen molar-refractivity contribution in [2.45, 2.75) is 31.8 Å². The molecule has 0 radical (unpaired) electrons. The van der Waals surface area contributed by atoms with Crippen molar-refractivity contribution >= 4 is 11.3 Å². The van der Waals surface area contributed by atoms with Gasteiger partial charge in [-0.05, 0) is 12.8 Å². The van der Waals surface area contributed by atoms with Gasteiger partial charge in [0, 0.05) is 18.4 Å². The molecule has 1 saturated heterocycles. The van der Waals surface area contributed by atoms with Gasteiger partial charge in [0.15, 0.2) is 0 Å². The van der Waals surface area contributed by atoms with Crippen LogP contribution in [0.2, 0.25) is 0 Å². The Morgan fingerprint density at radius 1 is 1.71 bits per heavy atom. The van der Waals surface area contributed by atoms with Gasteiger partial charge in [-0.3, -0.25) is 0 Å². The highest BCUT2D eigenvalue weighted by atomic mass is 32.1. The molecule has 14 heavy (non-hydrogen) atoms. The lowest BCUT2D eigenvalue weighted by atomic mass is 10.2. The average molecular weight is 208 g/mol. The first-order valence-corrected chi connectivity index (χ1v) is 5.68. The van der Waals surface area contributed by atoms with E-state index in [0.29, 0.717) is 12.5 Å². The van der Waals surface area contributed by atoms with Gasteiger partial charge in [-0.25, -0.2) is 4.98 Å². The maximum absolute atomic E-state index is 8.50. The molecule has 2 rings (SSSR count). The monoisotopic (exact) mass is 208 g/mol. The Hall–Kier alpha value is -0.920. The quantitative estimate of drug-likeness (QED) is 0.762. The minimum Gasteiger partial charge on any atom is -0.378 e. The topological polar surface area (TPSA) is 45.9 Å². The third-order valence-corrected chi connectivity index (χ3v) is 3.21. The largest absolute Gasteiger partial charge is 0.378 e. The molecule has 0 aliphatic carbocycles. The van der Waals surface area contributed by atoms with E-state index in [-0.39, 0.29) is 0 Å². The lowest BCUT2D eigenvalue weighted by Gasteiger charge is -2.05. The second kappa shape index (κ2) is 4.54. The van der Waals surface area contributed by atoms with Gasteiger partial charge in [0.05, 0.1) is 29.3 Å². The fourth-order valence-electron chi connectivity index (χ4n) is 1.60. The van der Waals surface area contributed by atoms with Crippen LogP contribution >= 0.6 is 11.3 Å². The van der Waals surface area contributed by atoms with Crippen LogP contribution in [0.4, 0.5) is 0 Å². The van der Waals surface area contributed by atoms with Gasteiger partial charge in [-0.15, -0.1) is 11.3 Å². The summed E-state index contributed by atoms with van der Waals surface area (Å²) in [5.41, 5.74) is 0.894. The number of nitriles is 1. The van der Waals surface area contributed by atoms with Crippen LogP contribution in [0, 0.1) is 11.3 Å². The molecule has 2 heterocycles. The molecule has 1 unspecified atom stereocenters. The summed E-state index contributed by atoms with van der Waals surface area (Å²) in [6.45, 7) is 0.890. The summed E-state index contributed by atoms with van der Waals surface area (Å²) in [4.78, 5) is 4.38. The van der Waals surface area contributed by atoms with E-state index in [4.69, 9.17) is 10.00 Å². The Morgan fingerprint density at radius 2 is 2.64 bits per heavy atom. The Labute approximate surface area is 87.3 Å². The Kier molecular flexibility index (Phi) is 3.12. The van der Waals surface area contributed by atoms with E-state index >= 15 is 0 Å². The summed E-state index contributed by atoms with van der Waals surface area (Å²) in [5.74, 6) is 0. The minimum atomic E-state index is 0.357. The van der Waals surface area contributed by atoms with E-state index in [1.54, 1.807) is 11.3 Å². The van der Waals surface area contributed by atoms with Gasteiger partial charge in [-0.1, -0.05) is 0 Å². The van der Waals surface area contributed by atoms with E-state index in [1.165, 1.54) is 6.42 Å². The number of hydrogen-bond donors (Lipinski definition) is 0. The number of thiazole rings is 1. The van der Waals surface area contributed by atoms with Crippen LogP contribution in [0.3, 0.4) is 0 Å². The van der Waals surface area contributed by atoms with E-state index in [2.05, 4.69) is 11.1 Å². The Balaban J connectivity index is 1.92. The van der Waals surface area contributed by atoms with Crippen LogP contribution in [-0.4, -0.2) is 17.7 Å². The van der Waals surface area contributed by atoms with Gasteiger partial charge in [0.1, 0.15) is 0 Å². The summed E-state index contributed by atoms with van der Waals surface area (Å²) in [7, 11) is 0. The van der Waals surface area contributed by atoms with Crippen molar-refractivity contribution in [1.29, 1.82) is 5.26 Å². The highest BCUT2D eigenvalue weighted by molar-refractivity contribution is 7.09. The summed E-state index contributed by atoms with van der Waals surface area (Å²) >= 11 is 1.63. The molecule has 0 aromatic carbocycles. The van der Waals surface area contributed by atoms with Gasteiger partial charge in [0.2, 0.25) is 0 Å². The Morgan fingerprint density at radius 3 is 3.36 bits per heavy atom. The standard InChI is InChI=1S/C10H12N2OS/c11-4-3-8-7-14-10(12-8)6-9-2-1-5-13-9/h7,9H,1-3,5-6H2. The van der Waals surface area contributed by atoms with Crippen LogP contribution in [0.15, 0.2) is 5.38 Å². The first-order chi connectivity index (χ1) is 6.88. The van der Waals surface area contributed by atoms with Crippen LogP contribution in [0.1, 0.15) is 23.5 Å². The molecule has 1 aliphatic heterocycles. The summed E-state index contributed by atoms with van der Waals surface area (Å²) in [6, 6.07) is 2.10. The molecule has 1 atom stereocenters. The van der Waals surface area contributed by atoms with Gasteiger partial charge >= 0.3 is 0 Å². The van der Waals surface area contributed by atoms with Crippen molar-refractivity contribution in [2.24, 2.45) is 0 Å². The molecule has 74 valence electrons. The first kappa shape index (κ1) is 9.63. The number of aromatic nitrogens is 1. The zero-order chi connectivity index (χ0) is 9.80. The number of rotatable bonds is 3. The zero-order valence-electron chi connectivity index (χ0n) is 7.90. The molecule has 0 saturated carbocycles. The molecule has 0 bridgehead atoms. The molecule has 0 N–H and O–H groups in total. The zero-order valence-corrected chi connectivity index (χ0v) is 8.72. The predicted molar refractivity (Wildman–Crippen MR) is 54.1 cm³/mol. The van der Waals surface area contributed by atoms with Crippen molar-refractivity contribution in [2.75, 3.05) is 6.61 Å². The molecule has 3 nitrogen and oxygen atoms in total. The summed E-state index contributed by atoms with van der Waals surface area (Å²) in [6.07, 6.45) is 4.00. The minimum absolute atomic E-state index is 0.357. The smallest absolute Gasteiger partial charge is 0.0954 e. The molecule has 1 aromatic heterocycles. The predicted octanol–water partition coefficient (Wildman–Crippen LogP) is 1.93. The fraction of sp³-hybridized carbons (Fsp3) is 0.600. The van der Waals surface area contributed by atoms with Gasteiger partial charge in [-0.2, -0.15) is 5.26 Å². The number of nitrogens with zero attached hydrogens (tertiary/aromatic N) is 2. The third kappa shape index (κ3) is 2.31. The second-order valence-electron chi connectivity index (χ2n) is 3.41. The van der Waals surface area contributed by atoms with Gasteiger partial charge in [0.25, 0.3) is 0 Å². The molecule has 1 fully saturated rings. The van der Waals surface area contributed by atoms with Crippen LogP contribution in [-0.2, 0) is 17.6 Å². The van der Waals surface area contributed by atoms with Crippen molar-refractivity contribution in [3.8, 4) is 6.07 Å².